The number of amides is 1. The molecule has 8 heteroatoms. The summed E-state index contributed by atoms with van der Waals surface area (Å²) in [6.07, 6.45) is 2.75. The number of pyridine rings is 1. The quantitative estimate of drug-likeness (QED) is 0.371. The Hall–Kier alpha value is -2.54. The zero-order valence-electron chi connectivity index (χ0n) is 16.3. The Morgan fingerprint density at radius 1 is 1.25 bits per heavy atom. The van der Waals surface area contributed by atoms with E-state index in [1.54, 1.807) is 18.2 Å². The molecular weight excluding hydrogens is 384 g/mol. The summed E-state index contributed by atoms with van der Waals surface area (Å²) in [4.78, 5) is 28.0. The van der Waals surface area contributed by atoms with E-state index in [0.29, 0.717) is 23.1 Å². The summed E-state index contributed by atoms with van der Waals surface area (Å²) >= 11 is 6.20. The lowest BCUT2D eigenvalue weighted by Gasteiger charge is -2.13. The predicted octanol–water partition coefficient (Wildman–Crippen LogP) is 3.84. The molecule has 28 heavy (non-hydrogen) atoms. The molecular formula is C20H25ClN2O5. The molecule has 0 fully saturated rings. The van der Waals surface area contributed by atoms with Crippen molar-refractivity contribution in [1.82, 2.24) is 10.3 Å². The molecule has 2 rings (SSSR count). The molecule has 1 aromatic heterocycles. The summed E-state index contributed by atoms with van der Waals surface area (Å²) in [6, 6.07) is 4.93. The van der Waals surface area contributed by atoms with Gasteiger partial charge < -0.3 is 19.9 Å². The Labute approximate surface area is 169 Å². The zero-order valence-corrected chi connectivity index (χ0v) is 17.0. The second-order valence-corrected chi connectivity index (χ2v) is 6.94. The predicted molar refractivity (Wildman–Crippen MR) is 107 cm³/mol. The molecule has 1 heterocycles. The van der Waals surface area contributed by atoms with Gasteiger partial charge in [0.15, 0.2) is 11.4 Å². The second kappa shape index (κ2) is 10.1. The highest BCUT2D eigenvalue weighted by molar-refractivity contribution is 6.35. The van der Waals surface area contributed by atoms with E-state index in [2.05, 4.69) is 10.3 Å². The van der Waals surface area contributed by atoms with Crippen molar-refractivity contribution < 1.29 is 24.2 Å². The smallest absolute Gasteiger partial charge is 0.325 e. The molecule has 152 valence electrons. The number of aromatic nitrogens is 1. The fraction of sp³-hybridized carbons (Fsp3) is 0.450. The molecule has 0 unspecified atom stereocenters. The zero-order chi connectivity index (χ0) is 20.7. The van der Waals surface area contributed by atoms with E-state index in [4.69, 9.17) is 21.1 Å². The van der Waals surface area contributed by atoms with Crippen molar-refractivity contribution in [1.29, 1.82) is 0 Å². The largest absolute Gasteiger partial charge is 0.505 e. The van der Waals surface area contributed by atoms with E-state index in [9.17, 15) is 14.7 Å². The summed E-state index contributed by atoms with van der Waals surface area (Å²) in [5, 5.41) is 13.7. The Kier molecular flexibility index (Phi) is 7.87. The van der Waals surface area contributed by atoms with Gasteiger partial charge in [-0.1, -0.05) is 31.4 Å². The molecule has 0 aliphatic carbocycles. The summed E-state index contributed by atoms with van der Waals surface area (Å²) < 4.78 is 10.6. The van der Waals surface area contributed by atoms with Gasteiger partial charge in [-0.2, -0.15) is 0 Å². The van der Waals surface area contributed by atoms with E-state index in [1.165, 1.54) is 0 Å². The van der Waals surface area contributed by atoms with Gasteiger partial charge in [0.25, 0.3) is 5.91 Å². The normalized spacial score (nSPS) is 10.9. The van der Waals surface area contributed by atoms with Crippen LogP contribution in [-0.4, -0.2) is 41.2 Å². The van der Waals surface area contributed by atoms with Crippen LogP contribution in [0.15, 0.2) is 18.2 Å². The van der Waals surface area contributed by atoms with Crippen LogP contribution in [0.4, 0.5) is 0 Å². The molecule has 0 spiro atoms. The molecule has 2 aromatic rings. The number of nitrogens with zero attached hydrogens (tertiary/aromatic N) is 1. The van der Waals surface area contributed by atoms with Crippen molar-refractivity contribution in [2.45, 2.75) is 46.1 Å². The van der Waals surface area contributed by atoms with Crippen LogP contribution in [0.25, 0.3) is 10.8 Å². The number of unbranched alkanes of at least 4 members (excludes halogenated alkanes) is 2. The van der Waals surface area contributed by atoms with Crippen LogP contribution >= 0.6 is 11.6 Å². The number of carbonyl (C=O) groups is 2. The van der Waals surface area contributed by atoms with E-state index in [0.717, 1.165) is 19.3 Å². The number of hydrogen-bond donors (Lipinski definition) is 2. The lowest BCUT2D eigenvalue weighted by atomic mass is 10.1. The molecule has 0 saturated heterocycles. The highest BCUT2D eigenvalue weighted by atomic mass is 35.5. The minimum absolute atomic E-state index is 0.0236. The summed E-state index contributed by atoms with van der Waals surface area (Å²) in [7, 11) is 0. The molecule has 0 aliphatic rings. The van der Waals surface area contributed by atoms with Gasteiger partial charge in [0.2, 0.25) is 0 Å². The number of esters is 1. The molecule has 0 aliphatic heterocycles. The number of rotatable bonds is 9. The van der Waals surface area contributed by atoms with E-state index < -0.39 is 11.9 Å². The minimum Gasteiger partial charge on any atom is -0.505 e. The fourth-order valence-electron chi connectivity index (χ4n) is 2.57. The first-order valence-electron chi connectivity index (χ1n) is 9.26. The van der Waals surface area contributed by atoms with Crippen LogP contribution in [0.1, 0.15) is 50.5 Å². The highest BCUT2D eigenvalue weighted by Crippen LogP contribution is 2.34. The summed E-state index contributed by atoms with van der Waals surface area (Å²) in [5.41, 5.74) is -0.256. The maximum Gasteiger partial charge on any atom is 0.325 e. The number of benzene rings is 1. The molecule has 0 saturated carbocycles. The number of fused-ring (bicyclic) bond motifs is 1. The van der Waals surface area contributed by atoms with Gasteiger partial charge in [0.1, 0.15) is 17.4 Å². The van der Waals surface area contributed by atoms with Crippen molar-refractivity contribution in [2.75, 3.05) is 13.2 Å². The number of nitrogens with one attached hydrogen (secondary N) is 1. The van der Waals surface area contributed by atoms with Crippen LogP contribution in [0.3, 0.4) is 0 Å². The van der Waals surface area contributed by atoms with Crippen LogP contribution < -0.4 is 10.1 Å². The number of hydrogen-bond acceptors (Lipinski definition) is 6. The monoisotopic (exact) mass is 408 g/mol. The first-order chi connectivity index (χ1) is 13.3. The standard InChI is InChI=1S/C20H25ClN2O5/c1-4-5-6-9-27-16(24)11-22-20(26)17-18(25)14-8-7-13(28-12(2)3)10-15(14)19(21)23-17/h7-8,10,12,25H,4-6,9,11H2,1-3H3,(H,22,26). The molecule has 0 atom stereocenters. The fourth-order valence-corrected chi connectivity index (χ4v) is 2.81. The molecule has 7 nitrogen and oxygen atoms in total. The lowest BCUT2D eigenvalue weighted by molar-refractivity contribution is -0.142. The summed E-state index contributed by atoms with van der Waals surface area (Å²) in [5.74, 6) is -1.00. The summed E-state index contributed by atoms with van der Waals surface area (Å²) in [6.45, 7) is 5.83. The molecule has 0 radical (unpaired) electrons. The first kappa shape index (κ1) is 21.8. The van der Waals surface area contributed by atoms with Crippen molar-refractivity contribution in [3.63, 3.8) is 0 Å². The molecule has 1 aromatic carbocycles. The second-order valence-electron chi connectivity index (χ2n) is 6.58. The van der Waals surface area contributed by atoms with E-state index in [1.807, 2.05) is 20.8 Å². The maximum absolute atomic E-state index is 12.3. The van der Waals surface area contributed by atoms with Crippen molar-refractivity contribution in [3.05, 3.63) is 29.0 Å². The average molecular weight is 409 g/mol. The van der Waals surface area contributed by atoms with Gasteiger partial charge in [-0.05, 0) is 38.5 Å². The molecule has 1 amide bonds. The number of halogens is 1. The van der Waals surface area contributed by atoms with Gasteiger partial charge in [-0.3, -0.25) is 9.59 Å². The van der Waals surface area contributed by atoms with Crippen LogP contribution in [0.5, 0.6) is 11.5 Å². The molecule has 0 bridgehead atoms. The number of ether oxygens (including phenoxy) is 2. The Bertz CT molecular complexity index is 854. The third-order valence-corrected chi connectivity index (χ3v) is 4.18. The maximum atomic E-state index is 12.3. The van der Waals surface area contributed by atoms with Crippen molar-refractivity contribution in [2.24, 2.45) is 0 Å². The van der Waals surface area contributed by atoms with Crippen molar-refractivity contribution in [3.8, 4) is 11.5 Å². The Morgan fingerprint density at radius 2 is 2.00 bits per heavy atom. The third-order valence-electron chi connectivity index (χ3n) is 3.89. The lowest BCUT2D eigenvalue weighted by Crippen LogP contribution is -2.31. The topological polar surface area (TPSA) is 97.8 Å². The minimum atomic E-state index is -0.714. The first-order valence-corrected chi connectivity index (χ1v) is 9.64. The molecule has 2 N–H and O–H groups in total. The van der Waals surface area contributed by atoms with Crippen LogP contribution in [-0.2, 0) is 9.53 Å². The van der Waals surface area contributed by atoms with E-state index >= 15 is 0 Å². The highest BCUT2D eigenvalue weighted by Gasteiger charge is 2.20. The van der Waals surface area contributed by atoms with Crippen LogP contribution in [0, 0.1) is 0 Å². The van der Waals surface area contributed by atoms with Gasteiger partial charge in [-0.25, -0.2) is 4.98 Å². The van der Waals surface area contributed by atoms with Gasteiger partial charge >= 0.3 is 5.97 Å². The SMILES string of the molecule is CCCCCOC(=O)CNC(=O)c1nc(Cl)c2cc(OC(C)C)ccc2c1O. The van der Waals surface area contributed by atoms with E-state index in [-0.39, 0.29) is 29.2 Å². The Morgan fingerprint density at radius 3 is 2.68 bits per heavy atom. The van der Waals surface area contributed by atoms with Gasteiger partial charge in [0.05, 0.1) is 12.7 Å². The number of carbonyl (C=O) groups excluding carboxylic acids is 2. The number of aromatic hydroxyl groups is 1. The average Bonchev–Trinajstić information content (AvgIpc) is 2.65. The van der Waals surface area contributed by atoms with Gasteiger partial charge in [-0.15, -0.1) is 0 Å². The van der Waals surface area contributed by atoms with Crippen LogP contribution in [0.2, 0.25) is 5.15 Å². The third kappa shape index (κ3) is 5.73. The van der Waals surface area contributed by atoms with Gasteiger partial charge in [0, 0.05) is 10.8 Å². The Balaban J connectivity index is 2.10. The van der Waals surface area contributed by atoms with Crippen molar-refractivity contribution >= 4 is 34.2 Å².